The second-order valence-electron chi connectivity index (χ2n) is 14.8. The van der Waals surface area contributed by atoms with E-state index >= 15 is 0 Å². The molecule has 2 heterocycles. The predicted octanol–water partition coefficient (Wildman–Crippen LogP) is 13.9. The monoisotopic (exact) mass is 698 g/mol. The third kappa shape index (κ3) is 4.37. The van der Waals surface area contributed by atoms with Gasteiger partial charge in [-0.15, -0.1) is 0 Å². The van der Waals surface area contributed by atoms with Crippen molar-refractivity contribution in [3.05, 3.63) is 217 Å². The second-order valence-corrected chi connectivity index (χ2v) is 14.8. The van der Waals surface area contributed by atoms with E-state index in [1.165, 1.54) is 105 Å². The summed E-state index contributed by atoms with van der Waals surface area (Å²) in [7, 11) is 0. The van der Waals surface area contributed by atoms with Crippen LogP contribution in [0.2, 0.25) is 0 Å². The quantitative estimate of drug-likeness (QED) is 0.173. The van der Waals surface area contributed by atoms with Gasteiger partial charge in [0.1, 0.15) is 0 Å². The summed E-state index contributed by atoms with van der Waals surface area (Å²) >= 11 is 0. The lowest BCUT2D eigenvalue weighted by Crippen LogP contribution is -1.99. The summed E-state index contributed by atoms with van der Waals surface area (Å²) in [6.07, 6.45) is 0. The first-order valence-corrected chi connectivity index (χ1v) is 19.1. The first kappa shape index (κ1) is 30.3. The molecule has 0 radical (unpaired) electrons. The Morgan fingerprint density at radius 1 is 0.364 bits per heavy atom. The molecule has 1 unspecified atom stereocenters. The average molecular weight is 699 g/mol. The van der Waals surface area contributed by atoms with Gasteiger partial charge in [-0.1, -0.05) is 146 Å². The maximum absolute atomic E-state index is 2.45. The minimum atomic E-state index is 0.191. The van der Waals surface area contributed by atoms with Crippen molar-refractivity contribution >= 4 is 54.4 Å². The van der Waals surface area contributed by atoms with Crippen molar-refractivity contribution < 1.29 is 0 Å². The summed E-state index contributed by atoms with van der Waals surface area (Å²) in [6.45, 7) is 0. The maximum atomic E-state index is 2.45. The van der Waals surface area contributed by atoms with E-state index in [4.69, 9.17) is 0 Å². The highest BCUT2D eigenvalue weighted by Gasteiger charge is 2.33. The minimum absolute atomic E-state index is 0.191. The van der Waals surface area contributed by atoms with E-state index in [2.05, 4.69) is 209 Å². The molecule has 0 N–H and O–H groups in total. The Labute approximate surface area is 318 Å². The summed E-state index contributed by atoms with van der Waals surface area (Å²) in [5.74, 6) is 0.191. The number of fused-ring (bicyclic) bond motifs is 11. The number of para-hydroxylation sites is 2. The molecule has 11 aromatic rings. The van der Waals surface area contributed by atoms with Crippen molar-refractivity contribution in [2.75, 3.05) is 0 Å². The minimum Gasteiger partial charge on any atom is -0.309 e. The maximum Gasteiger partial charge on any atom is 0.0547 e. The first-order valence-electron chi connectivity index (χ1n) is 19.1. The van der Waals surface area contributed by atoms with E-state index in [9.17, 15) is 0 Å². The fourth-order valence-corrected chi connectivity index (χ4v) is 9.66. The molecular weight excluding hydrogens is 665 g/mol. The molecule has 55 heavy (non-hydrogen) atoms. The van der Waals surface area contributed by atoms with E-state index in [-0.39, 0.29) is 5.92 Å². The van der Waals surface area contributed by atoms with Gasteiger partial charge in [0.2, 0.25) is 0 Å². The Morgan fingerprint density at radius 2 is 0.982 bits per heavy atom. The van der Waals surface area contributed by atoms with Gasteiger partial charge in [-0.3, -0.25) is 0 Å². The Balaban J connectivity index is 1.12. The lowest BCUT2D eigenvalue weighted by atomic mass is 9.89. The molecule has 12 rings (SSSR count). The number of hydrogen-bond donors (Lipinski definition) is 0. The summed E-state index contributed by atoms with van der Waals surface area (Å²) in [5.41, 5.74) is 16.4. The van der Waals surface area contributed by atoms with Gasteiger partial charge in [0.15, 0.2) is 0 Å². The number of hydrogen-bond acceptors (Lipinski definition) is 0. The third-order valence-corrected chi connectivity index (χ3v) is 12.0. The van der Waals surface area contributed by atoms with Crippen LogP contribution in [-0.4, -0.2) is 9.13 Å². The molecule has 1 aliphatic rings. The normalized spacial score (nSPS) is 13.6. The molecule has 9 aromatic carbocycles. The van der Waals surface area contributed by atoms with Crippen LogP contribution in [0.15, 0.2) is 200 Å². The van der Waals surface area contributed by atoms with Crippen LogP contribution in [0.3, 0.4) is 0 Å². The van der Waals surface area contributed by atoms with Crippen molar-refractivity contribution in [1.82, 2.24) is 9.13 Å². The summed E-state index contributed by atoms with van der Waals surface area (Å²) < 4.78 is 4.89. The van der Waals surface area contributed by atoms with Gasteiger partial charge < -0.3 is 9.13 Å². The molecule has 0 saturated heterocycles. The lowest BCUT2D eigenvalue weighted by Gasteiger charge is -2.14. The Hall–Kier alpha value is -7.16. The summed E-state index contributed by atoms with van der Waals surface area (Å²) in [6, 6.07) is 73.9. The van der Waals surface area contributed by atoms with Crippen molar-refractivity contribution in [2.24, 2.45) is 0 Å². The Morgan fingerprint density at radius 3 is 1.82 bits per heavy atom. The van der Waals surface area contributed by atoms with Gasteiger partial charge in [-0.05, 0) is 98.9 Å². The smallest absolute Gasteiger partial charge is 0.0547 e. The van der Waals surface area contributed by atoms with Gasteiger partial charge in [0.05, 0.1) is 27.8 Å². The topological polar surface area (TPSA) is 9.86 Å². The molecule has 0 amide bonds. The van der Waals surface area contributed by atoms with Crippen LogP contribution in [0.25, 0.3) is 88.0 Å². The predicted molar refractivity (Wildman–Crippen MR) is 231 cm³/mol. The first-order chi connectivity index (χ1) is 27.3. The van der Waals surface area contributed by atoms with Crippen molar-refractivity contribution in [3.63, 3.8) is 0 Å². The zero-order chi connectivity index (χ0) is 36.0. The van der Waals surface area contributed by atoms with Crippen LogP contribution >= 0.6 is 0 Å². The van der Waals surface area contributed by atoms with Gasteiger partial charge in [0.25, 0.3) is 0 Å². The van der Waals surface area contributed by atoms with Crippen molar-refractivity contribution in [3.8, 4) is 33.6 Å². The number of aromatic nitrogens is 2. The van der Waals surface area contributed by atoms with Crippen LogP contribution in [0, 0.1) is 0 Å². The molecule has 0 spiro atoms. The average Bonchev–Trinajstić information content (AvgIpc) is 3.89. The fourth-order valence-electron chi connectivity index (χ4n) is 9.66. The summed E-state index contributed by atoms with van der Waals surface area (Å²) in [5, 5.41) is 7.60. The SMILES string of the molecule is c1ccc(C2c3ccccc3-c3c2ccc2c3c3cc(-c4ccc5c(c4)c4ccccc4n5-c4cccc5ccccc45)ccc3n2-c2ccccc2)cc1. The fraction of sp³-hybridized carbons (Fsp3) is 0.0189. The van der Waals surface area contributed by atoms with Crippen LogP contribution < -0.4 is 0 Å². The number of benzene rings is 9. The zero-order valence-corrected chi connectivity index (χ0v) is 30.0. The standard InChI is InChI=1S/C53H34N2/c1-3-15-35(16-4-1)51-41-22-9-10-23-42(41)52-43(51)28-31-50-53(52)45-33-37(27-30-49(45)54(50)38-18-5-2-6-19-38)36-26-29-48-44(32-36)40-21-11-12-24-47(40)55(48)46-25-13-17-34-14-7-8-20-39(34)46/h1-33,51H. The lowest BCUT2D eigenvalue weighted by molar-refractivity contribution is 1.02. The zero-order valence-electron chi connectivity index (χ0n) is 30.0. The van der Waals surface area contributed by atoms with Gasteiger partial charge in [-0.25, -0.2) is 0 Å². The van der Waals surface area contributed by atoms with Crippen LogP contribution in [0.1, 0.15) is 22.6 Å². The highest BCUT2D eigenvalue weighted by Crippen LogP contribution is 2.53. The van der Waals surface area contributed by atoms with Gasteiger partial charge in [-0.2, -0.15) is 0 Å². The summed E-state index contributed by atoms with van der Waals surface area (Å²) in [4.78, 5) is 0. The Kier molecular flexibility index (Phi) is 6.43. The Bertz CT molecular complexity index is 3310. The van der Waals surface area contributed by atoms with Gasteiger partial charge in [0, 0.05) is 38.5 Å². The molecule has 1 aliphatic carbocycles. The molecule has 0 bridgehead atoms. The molecule has 0 aliphatic heterocycles. The van der Waals surface area contributed by atoms with Crippen molar-refractivity contribution in [1.29, 1.82) is 0 Å². The van der Waals surface area contributed by atoms with E-state index in [0.29, 0.717) is 0 Å². The molecular formula is C53H34N2. The van der Waals surface area contributed by atoms with Crippen LogP contribution in [-0.2, 0) is 0 Å². The van der Waals surface area contributed by atoms with E-state index in [1.807, 2.05) is 0 Å². The van der Waals surface area contributed by atoms with E-state index < -0.39 is 0 Å². The highest BCUT2D eigenvalue weighted by atomic mass is 15.0. The molecule has 2 nitrogen and oxygen atoms in total. The van der Waals surface area contributed by atoms with Crippen LogP contribution in [0.5, 0.6) is 0 Å². The van der Waals surface area contributed by atoms with E-state index in [1.54, 1.807) is 0 Å². The second kappa shape index (κ2) is 11.7. The molecule has 2 aromatic heterocycles. The molecule has 2 heteroatoms. The number of rotatable bonds is 4. The third-order valence-electron chi connectivity index (χ3n) is 12.0. The van der Waals surface area contributed by atoms with Crippen molar-refractivity contribution in [2.45, 2.75) is 5.92 Å². The molecule has 256 valence electrons. The largest absolute Gasteiger partial charge is 0.309 e. The molecule has 0 fully saturated rings. The van der Waals surface area contributed by atoms with Gasteiger partial charge >= 0.3 is 0 Å². The van der Waals surface area contributed by atoms with E-state index in [0.717, 1.165) is 0 Å². The van der Waals surface area contributed by atoms with Crippen LogP contribution in [0.4, 0.5) is 0 Å². The highest BCUT2D eigenvalue weighted by molar-refractivity contribution is 6.19. The molecule has 1 atom stereocenters. The number of nitrogens with zero attached hydrogens (tertiary/aromatic N) is 2. The molecule has 0 saturated carbocycles.